The quantitative estimate of drug-likeness (QED) is 0.914. The minimum Gasteiger partial charge on any atom is -0.391 e. The molecule has 1 saturated heterocycles. The molecule has 0 radical (unpaired) electrons. The molecule has 0 unspecified atom stereocenters. The van der Waals surface area contributed by atoms with Gasteiger partial charge in [0.15, 0.2) is 5.69 Å². The van der Waals surface area contributed by atoms with Crippen molar-refractivity contribution in [2.24, 2.45) is 0 Å². The highest BCUT2D eigenvalue weighted by Gasteiger charge is 2.35. The fourth-order valence-electron chi connectivity index (χ4n) is 2.83. The third-order valence-corrected chi connectivity index (χ3v) is 3.92. The Labute approximate surface area is 136 Å². The third kappa shape index (κ3) is 3.16. The number of anilines is 1. The number of alkyl halides is 3. The summed E-state index contributed by atoms with van der Waals surface area (Å²) in [7, 11) is 0. The molecule has 124 valence electrons. The fourth-order valence-corrected chi connectivity index (χ4v) is 2.83. The molecular weight excluding hydrogens is 321 g/mol. The molecule has 2 aromatic rings. The Hall–Kier alpha value is -2.66. The molecule has 1 aromatic carbocycles. The van der Waals surface area contributed by atoms with Crippen molar-refractivity contribution in [3.8, 4) is 6.07 Å². The van der Waals surface area contributed by atoms with Gasteiger partial charge in [0, 0.05) is 6.54 Å². The minimum absolute atomic E-state index is 0.147. The van der Waals surface area contributed by atoms with Gasteiger partial charge in [-0.15, -0.1) is 0 Å². The normalized spacial score (nSPS) is 20.9. The van der Waals surface area contributed by atoms with Crippen LogP contribution in [0.2, 0.25) is 0 Å². The highest BCUT2D eigenvalue weighted by atomic mass is 19.4. The Kier molecular flexibility index (Phi) is 4.11. The summed E-state index contributed by atoms with van der Waals surface area (Å²) in [4.78, 5) is 9.75. The van der Waals surface area contributed by atoms with Crippen LogP contribution >= 0.6 is 0 Å². The molecule has 1 fully saturated rings. The molecule has 2 heterocycles. The second-order valence-corrected chi connectivity index (χ2v) is 5.55. The Bertz CT molecular complexity index is 770. The molecule has 0 bridgehead atoms. The maximum atomic E-state index is 12.9. The molecular formula is C16H13F3N4O. The van der Waals surface area contributed by atoms with Gasteiger partial charge in [-0.25, -0.2) is 9.97 Å². The van der Waals surface area contributed by atoms with Gasteiger partial charge >= 0.3 is 6.18 Å². The van der Waals surface area contributed by atoms with Gasteiger partial charge in [-0.2, -0.15) is 18.4 Å². The Morgan fingerprint density at radius 3 is 2.67 bits per heavy atom. The van der Waals surface area contributed by atoms with Gasteiger partial charge in [-0.1, -0.05) is 12.1 Å². The van der Waals surface area contributed by atoms with E-state index in [4.69, 9.17) is 5.26 Å². The molecule has 5 nitrogen and oxygen atoms in total. The summed E-state index contributed by atoms with van der Waals surface area (Å²) in [6.07, 6.45) is -2.13. The molecule has 1 aliphatic heterocycles. The number of β-amino-alcohol motifs (C(OH)–C–C–N with tert-alkyl or cyclic N) is 1. The lowest BCUT2D eigenvalue weighted by Crippen LogP contribution is -2.25. The van der Waals surface area contributed by atoms with Gasteiger partial charge < -0.3 is 10.0 Å². The average Bonchev–Trinajstić information content (AvgIpc) is 2.96. The fraction of sp³-hybridized carbons (Fsp3) is 0.312. The Balaban J connectivity index is 1.95. The van der Waals surface area contributed by atoms with E-state index in [-0.39, 0.29) is 12.2 Å². The molecule has 0 spiro atoms. The highest BCUT2D eigenvalue weighted by Crippen LogP contribution is 2.37. The summed E-state index contributed by atoms with van der Waals surface area (Å²) in [5, 5.41) is 18.7. The monoisotopic (exact) mass is 334 g/mol. The van der Waals surface area contributed by atoms with Crippen molar-refractivity contribution in [2.45, 2.75) is 24.7 Å². The van der Waals surface area contributed by atoms with Gasteiger partial charge in [0.1, 0.15) is 11.9 Å². The second-order valence-electron chi connectivity index (χ2n) is 5.55. The van der Waals surface area contributed by atoms with Gasteiger partial charge in [-0.05, 0) is 24.1 Å². The van der Waals surface area contributed by atoms with Crippen LogP contribution < -0.4 is 4.90 Å². The van der Waals surface area contributed by atoms with Crippen LogP contribution in [0.4, 0.5) is 19.0 Å². The van der Waals surface area contributed by atoms with Crippen molar-refractivity contribution in [1.29, 1.82) is 5.26 Å². The number of aliphatic hydroxyl groups is 1. The first-order valence-electron chi connectivity index (χ1n) is 7.22. The topological polar surface area (TPSA) is 73.0 Å². The molecule has 1 aliphatic rings. The van der Waals surface area contributed by atoms with E-state index in [1.807, 2.05) is 6.07 Å². The molecule has 1 aromatic heterocycles. The van der Waals surface area contributed by atoms with E-state index in [9.17, 15) is 18.3 Å². The minimum atomic E-state index is -4.42. The first-order valence-corrected chi connectivity index (χ1v) is 7.22. The van der Waals surface area contributed by atoms with Crippen LogP contribution in [-0.2, 0) is 6.18 Å². The van der Waals surface area contributed by atoms with Gasteiger partial charge in [0.25, 0.3) is 0 Å². The third-order valence-electron chi connectivity index (χ3n) is 3.92. The number of halogens is 3. The van der Waals surface area contributed by atoms with Crippen molar-refractivity contribution in [2.75, 3.05) is 11.4 Å². The highest BCUT2D eigenvalue weighted by molar-refractivity contribution is 5.44. The van der Waals surface area contributed by atoms with E-state index in [0.29, 0.717) is 17.8 Å². The molecule has 8 heteroatoms. The smallest absolute Gasteiger partial charge is 0.391 e. The van der Waals surface area contributed by atoms with Crippen LogP contribution in [0, 0.1) is 11.3 Å². The van der Waals surface area contributed by atoms with Crippen molar-refractivity contribution >= 4 is 5.82 Å². The number of nitriles is 1. The van der Waals surface area contributed by atoms with Crippen molar-refractivity contribution in [1.82, 2.24) is 9.97 Å². The van der Waals surface area contributed by atoms with Gasteiger partial charge in [0.2, 0.25) is 0 Å². The number of hydrogen-bond acceptors (Lipinski definition) is 5. The average molecular weight is 334 g/mol. The summed E-state index contributed by atoms with van der Waals surface area (Å²) in [6.45, 7) is 0.238. The molecule has 3 rings (SSSR count). The lowest BCUT2D eigenvalue weighted by atomic mass is 10.0. The number of hydrogen-bond donors (Lipinski definition) is 1. The largest absolute Gasteiger partial charge is 0.416 e. The van der Waals surface area contributed by atoms with Crippen LogP contribution in [0.3, 0.4) is 0 Å². The predicted octanol–water partition coefficient (Wildman–Crippen LogP) is 2.68. The molecule has 0 aliphatic carbocycles. The Morgan fingerprint density at radius 2 is 2.04 bits per heavy atom. The molecule has 0 amide bonds. The van der Waals surface area contributed by atoms with Crippen LogP contribution in [0.5, 0.6) is 0 Å². The number of nitrogens with zero attached hydrogens (tertiary/aromatic N) is 4. The standard InChI is InChI=1S/C16H13F3N4O/c17-16(18,19)11-3-1-2-10(4-11)14-5-13(24)9-23(14)15-8-21-12(6-20)7-22-15/h1-4,7-8,13-14,24H,5,9H2/t13-,14+/m1/s1. The molecule has 24 heavy (non-hydrogen) atoms. The van der Waals surface area contributed by atoms with E-state index >= 15 is 0 Å². The maximum absolute atomic E-state index is 12.9. The van der Waals surface area contributed by atoms with E-state index in [1.54, 1.807) is 11.0 Å². The summed E-state index contributed by atoms with van der Waals surface area (Å²) >= 11 is 0. The van der Waals surface area contributed by atoms with Crippen LogP contribution in [0.25, 0.3) is 0 Å². The maximum Gasteiger partial charge on any atom is 0.416 e. The second kappa shape index (κ2) is 6.09. The molecule has 0 saturated carbocycles. The van der Waals surface area contributed by atoms with E-state index in [0.717, 1.165) is 12.1 Å². The molecule has 1 N–H and O–H groups in total. The van der Waals surface area contributed by atoms with Crippen LogP contribution in [-0.4, -0.2) is 27.7 Å². The lowest BCUT2D eigenvalue weighted by Gasteiger charge is -2.26. The molecule has 2 atom stereocenters. The van der Waals surface area contributed by atoms with E-state index in [2.05, 4.69) is 9.97 Å². The lowest BCUT2D eigenvalue weighted by molar-refractivity contribution is -0.137. The Morgan fingerprint density at radius 1 is 1.25 bits per heavy atom. The van der Waals surface area contributed by atoms with Gasteiger partial charge in [-0.3, -0.25) is 0 Å². The zero-order valence-corrected chi connectivity index (χ0v) is 12.4. The zero-order chi connectivity index (χ0) is 17.3. The number of rotatable bonds is 2. The van der Waals surface area contributed by atoms with Crippen LogP contribution in [0.1, 0.15) is 29.3 Å². The summed E-state index contributed by atoms with van der Waals surface area (Å²) < 4.78 is 38.8. The van der Waals surface area contributed by atoms with Crippen molar-refractivity contribution in [3.05, 3.63) is 53.5 Å². The van der Waals surface area contributed by atoms with Crippen molar-refractivity contribution < 1.29 is 18.3 Å². The summed E-state index contributed by atoms with van der Waals surface area (Å²) in [5.74, 6) is 0.410. The summed E-state index contributed by atoms with van der Waals surface area (Å²) in [6, 6.07) is 6.47. The zero-order valence-electron chi connectivity index (χ0n) is 12.4. The first kappa shape index (κ1) is 16.2. The number of benzene rings is 1. The summed E-state index contributed by atoms with van der Waals surface area (Å²) in [5.41, 5.74) is -0.131. The van der Waals surface area contributed by atoms with Gasteiger partial charge in [0.05, 0.1) is 30.1 Å². The van der Waals surface area contributed by atoms with Crippen molar-refractivity contribution in [3.63, 3.8) is 0 Å². The first-order chi connectivity index (χ1) is 11.4. The number of aliphatic hydroxyl groups excluding tert-OH is 1. The van der Waals surface area contributed by atoms with E-state index < -0.39 is 23.9 Å². The number of aromatic nitrogens is 2. The SMILES string of the molecule is N#Cc1cnc(N2C[C@H](O)C[C@H]2c2cccc(C(F)(F)F)c2)cn1. The predicted molar refractivity (Wildman–Crippen MR) is 78.9 cm³/mol. The van der Waals surface area contributed by atoms with E-state index in [1.165, 1.54) is 18.5 Å². The van der Waals surface area contributed by atoms with Crippen LogP contribution in [0.15, 0.2) is 36.7 Å².